The highest BCUT2D eigenvalue weighted by Crippen LogP contribution is 2.19. The van der Waals surface area contributed by atoms with E-state index in [4.69, 9.17) is 4.74 Å². The zero-order valence-corrected chi connectivity index (χ0v) is 12.7. The second kappa shape index (κ2) is 8.60. The number of amides is 1. The Labute approximate surface area is 122 Å². The number of rotatable bonds is 6. The lowest BCUT2D eigenvalue weighted by molar-refractivity contribution is -0.123. The lowest BCUT2D eigenvalue weighted by atomic mass is 9.93. The molecule has 0 aromatic rings. The van der Waals surface area contributed by atoms with Crippen molar-refractivity contribution in [2.75, 3.05) is 46.4 Å². The molecule has 1 amide bonds. The largest absolute Gasteiger partial charge is 0.381 e. The molecule has 20 heavy (non-hydrogen) atoms. The van der Waals surface area contributed by atoms with E-state index < -0.39 is 0 Å². The molecule has 2 fully saturated rings. The molecule has 0 aliphatic carbocycles. The Balaban J connectivity index is 1.60. The van der Waals surface area contributed by atoms with Gasteiger partial charge in [-0.3, -0.25) is 9.69 Å². The number of likely N-dealkylation sites (tertiary alicyclic amines) is 1. The van der Waals surface area contributed by atoms with Crippen LogP contribution < -0.4 is 10.6 Å². The summed E-state index contributed by atoms with van der Waals surface area (Å²) in [5, 5.41) is 6.36. The minimum absolute atomic E-state index is 0.186. The summed E-state index contributed by atoms with van der Waals surface area (Å²) in [6.07, 6.45) is 5.63. The van der Waals surface area contributed by atoms with Gasteiger partial charge in [0, 0.05) is 19.3 Å². The number of carbonyl (C=O) groups is 1. The van der Waals surface area contributed by atoms with Gasteiger partial charge >= 0.3 is 0 Å². The molecule has 2 aliphatic rings. The van der Waals surface area contributed by atoms with Gasteiger partial charge in [0.05, 0.1) is 6.54 Å². The summed E-state index contributed by atoms with van der Waals surface area (Å²) in [5.41, 5.74) is 0. The number of hydrogen-bond acceptors (Lipinski definition) is 4. The van der Waals surface area contributed by atoms with Gasteiger partial charge in [0.15, 0.2) is 0 Å². The first-order valence-corrected chi connectivity index (χ1v) is 8.02. The molecule has 0 unspecified atom stereocenters. The fraction of sp³-hybridized carbons (Fsp3) is 0.933. The van der Waals surface area contributed by atoms with Crippen LogP contribution in [0.15, 0.2) is 0 Å². The lowest BCUT2D eigenvalue weighted by Crippen LogP contribution is -2.46. The van der Waals surface area contributed by atoms with Gasteiger partial charge in [-0.25, -0.2) is 0 Å². The van der Waals surface area contributed by atoms with Crippen molar-refractivity contribution in [2.45, 2.75) is 38.1 Å². The molecule has 0 atom stereocenters. The third kappa shape index (κ3) is 5.38. The summed E-state index contributed by atoms with van der Waals surface area (Å²) in [6.45, 7) is 5.36. The van der Waals surface area contributed by atoms with E-state index in [2.05, 4.69) is 15.5 Å². The maximum atomic E-state index is 12.0. The molecule has 5 nitrogen and oxygen atoms in total. The van der Waals surface area contributed by atoms with Gasteiger partial charge in [0.1, 0.15) is 0 Å². The summed E-state index contributed by atoms with van der Waals surface area (Å²) < 4.78 is 5.31. The normalized spacial score (nSPS) is 22.9. The third-order valence-corrected chi connectivity index (χ3v) is 4.46. The molecule has 5 heteroatoms. The molecule has 2 saturated heterocycles. The zero-order valence-electron chi connectivity index (χ0n) is 12.7. The second-order valence-corrected chi connectivity index (χ2v) is 6.07. The lowest BCUT2D eigenvalue weighted by Gasteiger charge is -2.32. The molecular formula is C15H29N3O2. The fourth-order valence-corrected chi connectivity index (χ4v) is 3.10. The van der Waals surface area contributed by atoms with E-state index in [-0.39, 0.29) is 5.91 Å². The number of piperidine rings is 1. The van der Waals surface area contributed by atoms with Gasteiger partial charge in [-0.2, -0.15) is 0 Å². The van der Waals surface area contributed by atoms with Gasteiger partial charge in [-0.15, -0.1) is 0 Å². The molecule has 0 aromatic heterocycles. The van der Waals surface area contributed by atoms with Crippen molar-refractivity contribution in [1.29, 1.82) is 0 Å². The first-order valence-electron chi connectivity index (χ1n) is 8.02. The Morgan fingerprint density at radius 2 is 1.90 bits per heavy atom. The van der Waals surface area contributed by atoms with E-state index in [0.29, 0.717) is 12.6 Å². The van der Waals surface area contributed by atoms with E-state index in [1.807, 2.05) is 7.05 Å². The molecule has 0 aromatic carbocycles. The summed E-state index contributed by atoms with van der Waals surface area (Å²) in [5.74, 6) is 1.02. The minimum atomic E-state index is 0.186. The maximum absolute atomic E-state index is 12.0. The van der Waals surface area contributed by atoms with Gasteiger partial charge in [0.25, 0.3) is 0 Å². The molecule has 2 rings (SSSR count). The number of ether oxygens (including phenoxy) is 1. The van der Waals surface area contributed by atoms with E-state index in [1.165, 1.54) is 19.3 Å². The topological polar surface area (TPSA) is 53.6 Å². The van der Waals surface area contributed by atoms with Gasteiger partial charge in [-0.05, 0) is 64.7 Å². The van der Waals surface area contributed by atoms with Crippen LogP contribution in [0.2, 0.25) is 0 Å². The average Bonchev–Trinajstić information content (AvgIpc) is 2.47. The average molecular weight is 283 g/mol. The van der Waals surface area contributed by atoms with Crippen molar-refractivity contribution in [3.8, 4) is 0 Å². The first-order chi connectivity index (χ1) is 9.78. The quantitative estimate of drug-likeness (QED) is 0.750. The van der Waals surface area contributed by atoms with Gasteiger partial charge in [-0.1, -0.05) is 0 Å². The molecule has 0 spiro atoms. The predicted octanol–water partition coefficient (Wildman–Crippen LogP) is 0.603. The molecule has 2 aliphatic heterocycles. The number of nitrogens with zero attached hydrogens (tertiary/aromatic N) is 1. The molecule has 116 valence electrons. The van der Waals surface area contributed by atoms with Gasteiger partial charge < -0.3 is 15.4 Å². The SMILES string of the molecule is CNCCC1CCN(CC(=O)NC2CCOCC2)CC1. The first kappa shape index (κ1) is 15.7. The number of nitrogens with one attached hydrogen (secondary N) is 2. The van der Waals surface area contributed by atoms with Crippen molar-refractivity contribution in [2.24, 2.45) is 5.92 Å². The molecule has 2 heterocycles. The molecule has 2 N–H and O–H groups in total. The van der Waals surface area contributed by atoms with Crippen molar-refractivity contribution >= 4 is 5.91 Å². The Bertz CT molecular complexity index is 285. The monoisotopic (exact) mass is 283 g/mol. The summed E-state index contributed by atoms with van der Waals surface area (Å²) >= 11 is 0. The van der Waals surface area contributed by atoms with Crippen molar-refractivity contribution in [3.05, 3.63) is 0 Å². The van der Waals surface area contributed by atoms with E-state index in [1.54, 1.807) is 0 Å². The molecule has 0 radical (unpaired) electrons. The highest BCUT2D eigenvalue weighted by atomic mass is 16.5. The summed E-state index contributed by atoms with van der Waals surface area (Å²) in [7, 11) is 2.01. The van der Waals surface area contributed by atoms with Crippen LogP contribution in [0.5, 0.6) is 0 Å². The van der Waals surface area contributed by atoms with Crippen LogP contribution in [0.4, 0.5) is 0 Å². The summed E-state index contributed by atoms with van der Waals surface area (Å²) in [4.78, 5) is 14.3. The maximum Gasteiger partial charge on any atom is 0.234 e. The van der Waals surface area contributed by atoms with E-state index in [0.717, 1.165) is 51.6 Å². The standard InChI is InChI=1S/C15H29N3O2/c1-16-7-2-13-3-8-18(9-4-13)12-15(19)17-14-5-10-20-11-6-14/h13-14,16H,2-12H2,1H3,(H,17,19). The van der Waals surface area contributed by atoms with Crippen molar-refractivity contribution < 1.29 is 9.53 Å². The smallest absolute Gasteiger partial charge is 0.234 e. The third-order valence-electron chi connectivity index (χ3n) is 4.46. The van der Waals surface area contributed by atoms with Gasteiger partial charge in [0.2, 0.25) is 5.91 Å². The summed E-state index contributed by atoms with van der Waals surface area (Å²) in [6, 6.07) is 0.324. The molecule has 0 bridgehead atoms. The highest BCUT2D eigenvalue weighted by Gasteiger charge is 2.22. The zero-order chi connectivity index (χ0) is 14.2. The Hall–Kier alpha value is -0.650. The highest BCUT2D eigenvalue weighted by molar-refractivity contribution is 5.78. The van der Waals surface area contributed by atoms with Crippen molar-refractivity contribution in [1.82, 2.24) is 15.5 Å². The van der Waals surface area contributed by atoms with Crippen LogP contribution in [0, 0.1) is 5.92 Å². The second-order valence-electron chi connectivity index (χ2n) is 6.07. The van der Waals surface area contributed by atoms with Crippen LogP contribution in [0.25, 0.3) is 0 Å². The van der Waals surface area contributed by atoms with E-state index >= 15 is 0 Å². The molecule has 0 saturated carbocycles. The Morgan fingerprint density at radius 1 is 1.20 bits per heavy atom. The minimum Gasteiger partial charge on any atom is -0.381 e. The number of carbonyl (C=O) groups excluding carboxylic acids is 1. The van der Waals surface area contributed by atoms with Crippen LogP contribution in [0.1, 0.15) is 32.1 Å². The van der Waals surface area contributed by atoms with E-state index in [9.17, 15) is 4.79 Å². The van der Waals surface area contributed by atoms with Crippen LogP contribution in [0.3, 0.4) is 0 Å². The fourth-order valence-electron chi connectivity index (χ4n) is 3.10. The van der Waals surface area contributed by atoms with Crippen LogP contribution in [-0.2, 0) is 9.53 Å². The van der Waals surface area contributed by atoms with Crippen LogP contribution in [-0.4, -0.2) is 63.3 Å². The number of hydrogen-bond donors (Lipinski definition) is 2. The van der Waals surface area contributed by atoms with Crippen LogP contribution >= 0.6 is 0 Å². The molecular weight excluding hydrogens is 254 g/mol. The Kier molecular flexibility index (Phi) is 6.76. The Morgan fingerprint density at radius 3 is 2.55 bits per heavy atom. The van der Waals surface area contributed by atoms with Crippen molar-refractivity contribution in [3.63, 3.8) is 0 Å². The predicted molar refractivity (Wildman–Crippen MR) is 79.7 cm³/mol.